The van der Waals surface area contributed by atoms with Crippen molar-refractivity contribution in [2.24, 2.45) is 0 Å². The second-order valence-electron chi connectivity index (χ2n) is 3.46. The number of halogens is 4. The molecule has 8 heteroatoms. The van der Waals surface area contributed by atoms with E-state index in [2.05, 4.69) is 20.7 Å². The van der Waals surface area contributed by atoms with Gasteiger partial charge in [0.2, 0.25) is 0 Å². The summed E-state index contributed by atoms with van der Waals surface area (Å²) in [7, 11) is 1.45. The SMILES string of the molecule is COCCONC(=O)c1cc(C(F)(F)F)ccc1Br. The summed E-state index contributed by atoms with van der Waals surface area (Å²) in [4.78, 5) is 16.4. The van der Waals surface area contributed by atoms with Crippen LogP contribution in [0.3, 0.4) is 0 Å². The van der Waals surface area contributed by atoms with Crippen molar-refractivity contribution in [3.63, 3.8) is 0 Å². The van der Waals surface area contributed by atoms with Crippen LogP contribution in [0.1, 0.15) is 15.9 Å². The zero-order chi connectivity index (χ0) is 14.5. The van der Waals surface area contributed by atoms with Crippen LogP contribution < -0.4 is 5.48 Å². The lowest BCUT2D eigenvalue weighted by atomic mass is 10.1. The third-order valence-corrected chi connectivity index (χ3v) is 2.78. The van der Waals surface area contributed by atoms with E-state index in [1.165, 1.54) is 7.11 Å². The minimum absolute atomic E-state index is 0.0961. The number of benzene rings is 1. The Morgan fingerprint density at radius 1 is 1.37 bits per heavy atom. The molecule has 1 amide bonds. The quantitative estimate of drug-likeness (QED) is 0.661. The topological polar surface area (TPSA) is 47.6 Å². The molecule has 0 aliphatic carbocycles. The fraction of sp³-hybridized carbons (Fsp3) is 0.364. The zero-order valence-corrected chi connectivity index (χ0v) is 11.5. The lowest BCUT2D eigenvalue weighted by Crippen LogP contribution is -2.26. The largest absolute Gasteiger partial charge is 0.416 e. The van der Waals surface area contributed by atoms with Gasteiger partial charge in [-0.1, -0.05) is 0 Å². The molecule has 1 aromatic rings. The molecule has 0 heterocycles. The fourth-order valence-electron chi connectivity index (χ4n) is 1.17. The van der Waals surface area contributed by atoms with Gasteiger partial charge in [-0.15, -0.1) is 0 Å². The molecule has 0 aromatic heterocycles. The molecular weight excluding hydrogens is 331 g/mol. The molecule has 106 valence electrons. The van der Waals surface area contributed by atoms with Gasteiger partial charge in [-0.05, 0) is 34.1 Å². The van der Waals surface area contributed by atoms with Crippen LogP contribution >= 0.6 is 15.9 Å². The van der Waals surface area contributed by atoms with E-state index in [0.29, 0.717) is 0 Å². The summed E-state index contributed by atoms with van der Waals surface area (Å²) in [6, 6.07) is 2.79. The molecule has 1 rings (SSSR count). The average Bonchev–Trinajstić information content (AvgIpc) is 2.33. The molecule has 0 saturated heterocycles. The van der Waals surface area contributed by atoms with Gasteiger partial charge in [0.1, 0.15) is 0 Å². The summed E-state index contributed by atoms with van der Waals surface area (Å²) in [5.74, 6) is -0.769. The van der Waals surface area contributed by atoms with Crippen molar-refractivity contribution in [1.82, 2.24) is 5.48 Å². The van der Waals surface area contributed by atoms with Gasteiger partial charge in [0.05, 0.1) is 24.3 Å². The summed E-state index contributed by atoms with van der Waals surface area (Å²) >= 11 is 3.01. The number of alkyl halides is 3. The first-order chi connectivity index (χ1) is 8.86. The van der Waals surface area contributed by atoms with Crippen molar-refractivity contribution in [2.75, 3.05) is 20.3 Å². The Morgan fingerprint density at radius 3 is 2.63 bits per heavy atom. The van der Waals surface area contributed by atoms with Gasteiger partial charge in [0.25, 0.3) is 5.91 Å². The lowest BCUT2D eigenvalue weighted by Gasteiger charge is -2.11. The van der Waals surface area contributed by atoms with E-state index in [4.69, 9.17) is 4.84 Å². The van der Waals surface area contributed by atoms with Crippen LogP contribution in [0.5, 0.6) is 0 Å². The third kappa shape index (κ3) is 4.81. The van der Waals surface area contributed by atoms with Crippen LogP contribution in [0.4, 0.5) is 13.2 Å². The molecule has 0 fully saturated rings. The summed E-state index contributed by atoms with van der Waals surface area (Å²) in [5, 5.41) is 0. The highest BCUT2D eigenvalue weighted by Gasteiger charge is 2.31. The van der Waals surface area contributed by atoms with Gasteiger partial charge in [0.15, 0.2) is 0 Å². The van der Waals surface area contributed by atoms with Crippen LogP contribution in [0.15, 0.2) is 22.7 Å². The smallest absolute Gasteiger partial charge is 0.382 e. The number of carbonyl (C=O) groups is 1. The Kier molecular flexibility index (Phi) is 5.77. The summed E-state index contributed by atoms with van der Waals surface area (Å²) in [6.07, 6.45) is -4.51. The first-order valence-electron chi connectivity index (χ1n) is 5.14. The van der Waals surface area contributed by atoms with Gasteiger partial charge in [0, 0.05) is 11.6 Å². The van der Waals surface area contributed by atoms with Crippen LogP contribution in [0.2, 0.25) is 0 Å². The normalized spacial score (nSPS) is 11.4. The fourth-order valence-corrected chi connectivity index (χ4v) is 1.60. The van der Waals surface area contributed by atoms with Crippen molar-refractivity contribution < 1.29 is 27.5 Å². The molecule has 0 saturated carbocycles. The zero-order valence-electron chi connectivity index (χ0n) is 9.88. The Balaban J connectivity index is 2.78. The van der Waals surface area contributed by atoms with Gasteiger partial charge < -0.3 is 4.74 Å². The molecule has 1 N–H and O–H groups in total. The van der Waals surface area contributed by atoms with Crippen molar-refractivity contribution in [3.8, 4) is 0 Å². The van der Waals surface area contributed by atoms with E-state index >= 15 is 0 Å². The molecule has 0 aliphatic rings. The lowest BCUT2D eigenvalue weighted by molar-refractivity contribution is -0.137. The Labute approximate surface area is 116 Å². The third-order valence-electron chi connectivity index (χ3n) is 2.09. The van der Waals surface area contributed by atoms with Crippen LogP contribution in [0.25, 0.3) is 0 Å². The Hall–Kier alpha value is -1.12. The molecule has 0 radical (unpaired) electrons. The molecule has 0 spiro atoms. The maximum absolute atomic E-state index is 12.5. The number of hydrogen-bond donors (Lipinski definition) is 1. The highest BCUT2D eigenvalue weighted by molar-refractivity contribution is 9.10. The number of rotatable bonds is 5. The van der Waals surface area contributed by atoms with E-state index in [1.54, 1.807) is 0 Å². The molecule has 0 unspecified atom stereocenters. The van der Waals surface area contributed by atoms with Crippen LogP contribution in [-0.4, -0.2) is 26.2 Å². The van der Waals surface area contributed by atoms with E-state index in [-0.39, 0.29) is 23.2 Å². The highest BCUT2D eigenvalue weighted by Crippen LogP contribution is 2.31. The van der Waals surface area contributed by atoms with E-state index < -0.39 is 17.6 Å². The average molecular weight is 342 g/mol. The summed E-state index contributed by atoms with van der Waals surface area (Å²) in [5.41, 5.74) is 0.972. The minimum atomic E-state index is -4.51. The second-order valence-corrected chi connectivity index (χ2v) is 4.32. The maximum Gasteiger partial charge on any atom is 0.416 e. The Morgan fingerprint density at radius 2 is 2.05 bits per heavy atom. The molecule has 19 heavy (non-hydrogen) atoms. The van der Waals surface area contributed by atoms with Crippen LogP contribution in [0, 0.1) is 0 Å². The first-order valence-corrected chi connectivity index (χ1v) is 5.93. The van der Waals surface area contributed by atoms with Gasteiger partial charge in [-0.2, -0.15) is 13.2 Å². The van der Waals surface area contributed by atoms with Gasteiger partial charge >= 0.3 is 6.18 Å². The summed E-state index contributed by atoms with van der Waals surface area (Å²) in [6.45, 7) is 0.350. The number of nitrogens with one attached hydrogen (secondary N) is 1. The second kappa shape index (κ2) is 6.88. The number of carbonyl (C=O) groups excluding carboxylic acids is 1. The number of hydroxylamine groups is 1. The predicted molar refractivity (Wildman–Crippen MR) is 64.4 cm³/mol. The first kappa shape index (κ1) is 15.9. The van der Waals surface area contributed by atoms with Gasteiger partial charge in [-0.25, -0.2) is 5.48 Å². The van der Waals surface area contributed by atoms with E-state index in [9.17, 15) is 18.0 Å². The van der Waals surface area contributed by atoms with Crippen molar-refractivity contribution in [3.05, 3.63) is 33.8 Å². The maximum atomic E-state index is 12.5. The van der Waals surface area contributed by atoms with E-state index in [0.717, 1.165) is 18.2 Å². The molecular formula is C11H11BrF3NO3. The van der Waals surface area contributed by atoms with Gasteiger partial charge in [-0.3, -0.25) is 9.63 Å². The number of hydrogen-bond acceptors (Lipinski definition) is 3. The summed E-state index contributed by atoms with van der Waals surface area (Å²) < 4.78 is 42.5. The minimum Gasteiger partial charge on any atom is -0.382 e. The molecule has 4 nitrogen and oxygen atoms in total. The molecule has 0 atom stereocenters. The molecule has 0 aliphatic heterocycles. The van der Waals surface area contributed by atoms with Crippen molar-refractivity contribution in [2.45, 2.75) is 6.18 Å². The predicted octanol–water partition coefficient (Wildman–Crippen LogP) is 2.78. The molecule has 0 bridgehead atoms. The number of methoxy groups -OCH3 is 1. The standard InChI is InChI=1S/C11H11BrF3NO3/c1-18-4-5-19-16-10(17)8-6-7(11(13,14)15)2-3-9(8)12/h2-3,6H,4-5H2,1H3,(H,16,17). The monoisotopic (exact) mass is 341 g/mol. The van der Waals surface area contributed by atoms with Crippen molar-refractivity contribution in [1.29, 1.82) is 0 Å². The highest BCUT2D eigenvalue weighted by atomic mass is 79.9. The Bertz CT molecular complexity index is 451. The van der Waals surface area contributed by atoms with E-state index in [1.807, 2.05) is 5.48 Å². The van der Waals surface area contributed by atoms with Crippen LogP contribution in [-0.2, 0) is 15.8 Å². The number of ether oxygens (including phenoxy) is 1. The van der Waals surface area contributed by atoms with Crippen molar-refractivity contribution >= 4 is 21.8 Å². The number of amides is 1. The molecule has 1 aromatic carbocycles.